The van der Waals surface area contributed by atoms with Crippen molar-refractivity contribution in [1.82, 2.24) is 0 Å². The second kappa shape index (κ2) is 6.57. The van der Waals surface area contributed by atoms with Crippen LogP contribution >= 0.6 is 46.1 Å². The van der Waals surface area contributed by atoms with Crippen LogP contribution < -0.4 is 10.1 Å². The maximum atomic E-state index is 12.5. The van der Waals surface area contributed by atoms with Gasteiger partial charge in [0.15, 0.2) is 0 Å². The summed E-state index contributed by atoms with van der Waals surface area (Å²) in [7, 11) is 1.59. The summed E-state index contributed by atoms with van der Waals surface area (Å²) in [6.45, 7) is 0. The van der Waals surface area contributed by atoms with Crippen LogP contribution in [0.4, 0.5) is 5.69 Å². The smallest absolute Gasteiger partial charge is 0.267 e. The average molecular weight is 387 g/mol. The Morgan fingerprint density at radius 3 is 2.65 bits per heavy atom. The van der Waals surface area contributed by atoms with Gasteiger partial charge in [0.2, 0.25) is 0 Å². The molecule has 3 rings (SSSR count). The third-order valence-electron chi connectivity index (χ3n) is 3.24. The van der Waals surface area contributed by atoms with Gasteiger partial charge in [-0.1, -0.05) is 40.9 Å². The van der Waals surface area contributed by atoms with E-state index in [9.17, 15) is 4.79 Å². The molecule has 0 atom stereocenters. The number of fused-ring (bicyclic) bond motifs is 1. The van der Waals surface area contributed by atoms with Gasteiger partial charge < -0.3 is 10.1 Å². The van der Waals surface area contributed by atoms with Crippen LogP contribution in [-0.4, -0.2) is 13.0 Å². The van der Waals surface area contributed by atoms with Crippen molar-refractivity contribution >= 4 is 67.8 Å². The number of hydrogen-bond donors (Lipinski definition) is 1. The van der Waals surface area contributed by atoms with Crippen LogP contribution in [0.3, 0.4) is 0 Å². The predicted octanol–water partition coefficient (Wildman–Crippen LogP) is 6.12. The first kappa shape index (κ1) is 16.4. The Kier molecular flexibility index (Phi) is 4.69. The molecule has 1 amide bonds. The van der Waals surface area contributed by atoms with Gasteiger partial charge in [-0.2, -0.15) is 0 Å². The summed E-state index contributed by atoms with van der Waals surface area (Å²) in [5, 5.41) is 4.61. The van der Waals surface area contributed by atoms with Gasteiger partial charge in [-0.25, -0.2) is 0 Å². The zero-order chi connectivity index (χ0) is 16.6. The number of halogens is 3. The van der Waals surface area contributed by atoms with Crippen LogP contribution in [0.15, 0.2) is 36.4 Å². The molecular formula is C16H10Cl3NO2S. The Labute approximate surface area is 151 Å². The molecule has 0 fully saturated rings. The molecule has 0 aliphatic rings. The van der Waals surface area contributed by atoms with Crippen molar-refractivity contribution in [3.8, 4) is 5.75 Å². The van der Waals surface area contributed by atoms with Crippen LogP contribution in [0.25, 0.3) is 10.1 Å². The summed E-state index contributed by atoms with van der Waals surface area (Å²) in [6.07, 6.45) is 0. The molecular weight excluding hydrogens is 377 g/mol. The number of nitrogens with one attached hydrogen (secondary N) is 1. The zero-order valence-corrected chi connectivity index (χ0v) is 14.9. The first-order chi connectivity index (χ1) is 11.0. The molecule has 1 aromatic heterocycles. The minimum Gasteiger partial charge on any atom is -0.497 e. The van der Waals surface area contributed by atoms with Crippen LogP contribution in [0.5, 0.6) is 5.75 Å². The first-order valence-corrected chi connectivity index (χ1v) is 8.47. The number of methoxy groups -OCH3 is 1. The van der Waals surface area contributed by atoms with Crippen molar-refractivity contribution in [1.29, 1.82) is 0 Å². The first-order valence-electron chi connectivity index (χ1n) is 6.52. The number of thiophene rings is 1. The number of carbonyl (C=O) groups is 1. The third kappa shape index (κ3) is 3.12. The number of anilines is 1. The summed E-state index contributed by atoms with van der Waals surface area (Å²) in [5.41, 5.74) is 0.440. The normalized spacial score (nSPS) is 10.8. The molecule has 118 valence electrons. The lowest BCUT2D eigenvalue weighted by molar-refractivity contribution is 0.103. The molecule has 3 nitrogen and oxygen atoms in total. The van der Waals surface area contributed by atoms with Crippen molar-refractivity contribution in [2.75, 3.05) is 12.4 Å². The standard InChI is InChI=1S/C16H10Cl3NO2S/c1-22-8-5-6-9-12(7-8)23-15(13(9)18)16(21)20-11-4-2-3-10(17)14(11)19/h2-7H,1H3,(H,20,21). The SMILES string of the molecule is COc1ccc2c(Cl)c(C(=O)Nc3cccc(Cl)c3Cl)sc2c1. The molecule has 0 saturated carbocycles. The number of amides is 1. The maximum Gasteiger partial charge on any atom is 0.267 e. The van der Waals surface area contributed by atoms with E-state index in [2.05, 4.69) is 5.32 Å². The fraction of sp³-hybridized carbons (Fsp3) is 0.0625. The lowest BCUT2D eigenvalue weighted by Crippen LogP contribution is -2.11. The number of carbonyl (C=O) groups excluding carboxylic acids is 1. The van der Waals surface area contributed by atoms with E-state index in [1.54, 1.807) is 31.4 Å². The maximum absolute atomic E-state index is 12.5. The third-order valence-corrected chi connectivity index (χ3v) is 5.72. The summed E-state index contributed by atoms with van der Waals surface area (Å²) in [4.78, 5) is 12.9. The highest BCUT2D eigenvalue weighted by atomic mass is 35.5. The van der Waals surface area contributed by atoms with Gasteiger partial charge in [-0.05, 0) is 30.3 Å². The zero-order valence-electron chi connectivity index (χ0n) is 11.8. The molecule has 23 heavy (non-hydrogen) atoms. The van der Waals surface area contributed by atoms with Crippen molar-refractivity contribution in [2.45, 2.75) is 0 Å². The van der Waals surface area contributed by atoms with E-state index in [1.165, 1.54) is 11.3 Å². The Balaban J connectivity index is 1.97. The fourth-order valence-electron chi connectivity index (χ4n) is 2.10. The summed E-state index contributed by atoms with van der Waals surface area (Å²) < 4.78 is 6.06. The molecule has 0 saturated heterocycles. The highest BCUT2D eigenvalue weighted by Gasteiger charge is 2.19. The van der Waals surface area contributed by atoms with E-state index < -0.39 is 0 Å². The molecule has 2 aromatic carbocycles. The van der Waals surface area contributed by atoms with Crippen LogP contribution in [-0.2, 0) is 0 Å². The van der Waals surface area contributed by atoms with Gasteiger partial charge in [0, 0.05) is 10.1 Å². The number of benzene rings is 2. The van der Waals surface area contributed by atoms with E-state index >= 15 is 0 Å². The molecule has 1 N–H and O–H groups in total. The molecule has 7 heteroatoms. The van der Waals surface area contributed by atoms with E-state index in [0.29, 0.717) is 31.4 Å². The minimum atomic E-state index is -0.334. The van der Waals surface area contributed by atoms with Gasteiger partial charge >= 0.3 is 0 Å². The lowest BCUT2D eigenvalue weighted by Gasteiger charge is -2.07. The lowest BCUT2D eigenvalue weighted by atomic mass is 10.2. The second-order valence-electron chi connectivity index (χ2n) is 4.66. The minimum absolute atomic E-state index is 0.293. The van der Waals surface area contributed by atoms with Gasteiger partial charge in [-0.3, -0.25) is 4.79 Å². The highest BCUT2D eigenvalue weighted by molar-refractivity contribution is 7.21. The average Bonchev–Trinajstić information content (AvgIpc) is 2.88. The van der Waals surface area contributed by atoms with Gasteiger partial charge in [-0.15, -0.1) is 11.3 Å². The number of rotatable bonds is 3. The van der Waals surface area contributed by atoms with Gasteiger partial charge in [0.05, 0.1) is 27.9 Å². The quantitative estimate of drug-likeness (QED) is 0.588. The molecule has 3 aromatic rings. The van der Waals surface area contributed by atoms with Crippen LogP contribution in [0.2, 0.25) is 15.1 Å². The molecule has 0 aliphatic carbocycles. The Morgan fingerprint density at radius 2 is 1.91 bits per heavy atom. The van der Waals surface area contributed by atoms with Crippen molar-refractivity contribution < 1.29 is 9.53 Å². The predicted molar refractivity (Wildman–Crippen MR) is 97.8 cm³/mol. The van der Waals surface area contributed by atoms with E-state index in [0.717, 1.165) is 10.1 Å². The van der Waals surface area contributed by atoms with E-state index in [1.807, 2.05) is 12.1 Å². The number of ether oxygens (including phenoxy) is 1. The van der Waals surface area contributed by atoms with Crippen molar-refractivity contribution in [3.63, 3.8) is 0 Å². The second-order valence-corrected chi connectivity index (χ2v) is 6.88. The largest absolute Gasteiger partial charge is 0.497 e. The molecule has 0 radical (unpaired) electrons. The Bertz CT molecular complexity index is 908. The van der Waals surface area contributed by atoms with Crippen molar-refractivity contribution in [2.24, 2.45) is 0 Å². The van der Waals surface area contributed by atoms with E-state index in [-0.39, 0.29) is 5.91 Å². The molecule has 0 spiro atoms. The van der Waals surface area contributed by atoms with Crippen LogP contribution in [0.1, 0.15) is 9.67 Å². The van der Waals surface area contributed by atoms with E-state index in [4.69, 9.17) is 39.5 Å². The van der Waals surface area contributed by atoms with Crippen LogP contribution in [0, 0.1) is 0 Å². The summed E-state index contributed by atoms with van der Waals surface area (Å²) >= 11 is 19.7. The van der Waals surface area contributed by atoms with Gasteiger partial charge in [0.1, 0.15) is 10.6 Å². The topological polar surface area (TPSA) is 38.3 Å². The highest BCUT2D eigenvalue weighted by Crippen LogP contribution is 2.38. The molecule has 0 unspecified atom stereocenters. The fourth-order valence-corrected chi connectivity index (χ4v) is 3.89. The molecule has 0 bridgehead atoms. The summed E-state index contributed by atoms with van der Waals surface area (Å²) in [5.74, 6) is 0.375. The van der Waals surface area contributed by atoms with Gasteiger partial charge in [0.25, 0.3) is 5.91 Å². The molecule has 0 aliphatic heterocycles. The Hall–Kier alpha value is -1.46. The monoisotopic (exact) mass is 385 g/mol. The Morgan fingerprint density at radius 1 is 1.13 bits per heavy atom. The van der Waals surface area contributed by atoms with Crippen molar-refractivity contribution in [3.05, 3.63) is 56.3 Å². The summed E-state index contributed by atoms with van der Waals surface area (Å²) in [6, 6.07) is 10.5. The number of hydrogen-bond acceptors (Lipinski definition) is 3. The molecule has 1 heterocycles.